The fourth-order valence-electron chi connectivity index (χ4n) is 2.93. The van der Waals surface area contributed by atoms with Gasteiger partial charge in [-0.2, -0.15) is 0 Å². The number of aliphatic imine (C=N–C) groups is 1. The number of likely N-dealkylation sites (tertiary alicyclic amines) is 1. The summed E-state index contributed by atoms with van der Waals surface area (Å²) in [7, 11) is 0. The first kappa shape index (κ1) is 9.97. The maximum Gasteiger partial charge on any atom is 0.160 e. The van der Waals surface area contributed by atoms with Gasteiger partial charge in [0.1, 0.15) is 0 Å². The van der Waals surface area contributed by atoms with E-state index in [9.17, 15) is 5.11 Å². The number of amidine groups is 1. The topological polar surface area (TPSA) is 35.8 Å². The minimum Gasteiger partial charge on any atom is -0.394 e. The third-order valence-electron chi connectivity index (χ3n) is 3.89. The molecule has 2 heterocycles. The Morgan fingerprint density at radius 1 is 1.40 bits per heavy atom. The standard InChI is InChI=1S/C11H18N2OS/c14-8-11-5-3-4-9(11)15-10(12-11)13-6-1-2-7-13/h9,14H,1-8H2. The van der Waals surface area contributed by atoms with Gasteiger partial charge in [0, 0.05) is 18.3 Å². The molecule has 0 radical (unpaired) electrons. The van der Waals surface area contributed by atoms with Crippen LogP contribution in [0.2, 0.25) is 0 Å². The van der Waals surface area contributed by atoms with Crippen molar-refractivity contribution in [1.82, 2.24) is 4.90 Å². The molecule has 2 atom stereocenters. The third-order valence-corrected chi connectivity index (χ3v) is 5.41. The summed E-state index contributed by atoms with van der Waals surface area (Å²) in [6.45, 7) is 2.57. The van der Waals surface area contributed by atoms with E-state index in [0.717, 1.165) is 6.42 Å². The SMILES string of the molecule is OCC12CCCC1SC(N1CCCC1)=N2. The van der Waals surface area contributed by atoms with Crippen molar-refractivity contribution in [2.45, 2.75) is 42.9 Å². The van der Waals surface area contributed by atoms with Crippen molar-refractivity contribution < 1.29 is 5.11 Å². The van der Waals surface area contributed by atoms with E-state index in [2.05, 4.69) is 4.90 Å². The van der Waals surface area contributed by atoms with Crippen molar-refractivity contribution in [3.8, 4) is 0 Å². The zero-order valence-corrected chi connectivity index (χ0v) is 9.80. The Balaban J connectivity index is 1.81. The van der Waals surface area contributed by atoms with Gasteiger partial charge in [-0.15, -0.1) is 0 Å². The molecule has 0 amide bonds. The predicted molar refractivity (Wildman–Crippen MR) is 63.3 cm³/mol. The van der Waals surface area contributed by atoms with E-state index < -0.39 is 0 Å². The monoisotopic (exact) mass is 226 g/mol. The maximum atomic E-state index is 9.55. The molecule has 1 aliphatic carbocycles. The zero-order valence-electron chi connectivity index (χ0n) is 8.98. The normalized spacial score (nSPS) is 39.7. The smallest absolute Gasteiger partial charge is 0.160 e. The van der Waals surface area contributed by atoms with E-state index in [1.54, 1.807) is 0 Å². The van der Waals surface area contributed by atoms with Gasteiger partial charge in [0.05, 0.1) is 12.1 Å². The molecular weight excluding hydrogens is 208 g/mol. The molecule has 15 heavy (non-hydrogen) atoms. The van der Waals surface area contributed by atoms with Crippen LogP contribution in [0.25, 0.3) is 0 Å². The van der Waals surface area contributed by atoms with Crippen molar-refractivity contribution in [3.63, 3.8) is 0 Å². The highest BCUT2D eigenvalue weighted by molar-refractivity contribution is 8.14. The van der Waals surface area contributed by atoms with Crippen molar-refractivity contribution >= 4 is 16.9 Å². The number of aliphatic hydroxyl groups is 1. The van der Waals surface area contributed by atoms with Crippen LogP contribution < -0.4 is 0 Å². The van der Waals surface area contributed by atoms with Crippen LogP contribution in [0.3, 0.4) is 0 Å². The lowest BCUT2D eigenvalue weighted by Crippen LogP contribution is -2.34. The molecule has 0 spiro atoms. The lowest BCUT2D eigenvalue weighted by molar-refractivity contribution is 0.206. The summed E-state index contributed by atoms with van der Waals surface area (Å²) in [6, 6.07) is 0. The van der Waals surface area contributed by atoms with E-state index in [-0.39, 0.29) is 12.1 Å². The number of rotatable bonds is 1. The molecule has 84 valence electrons. The molecule has 2 aliphatic heterocycles. The lowest BCUT2D eigenvalue weighted by Gasteiger charge is -2.21. The minimum atomic E-state index is -0.109. The average molecular weight is 226 g/mol. The molecule has 2 fully saturated rings. The highest BCUT2D eigenvalue weighted by Crippen LogP contribution is 2.47. The summed E-state index contributed by atoms with van der Waals surface area (Å²) >= 11 is 1.92. The van der Waals surface area contributed by atoms with Crippen LogP contribution in [0.1, 0.15) is 32.1 Å². The minimum absolute atomic E-state index is 0.109. The van der Waals surface area contributed by atoms with Gasteiger partial charge in [-0.25, -0.2) is 0 Å². The second kappa shape index (κ2) is 3.67. The van der Waals surface area contributed by atoms with E-state index in [1.165, 1.54) is 43.9 Å². The number of aliphatic hydroxyl groups excluding tert-OH is 1. The predicted octanol–water partition coefficient (Wildman–Crippen LogP) is 1.47. The molecule has 0 aromatic carbocycles. The summed E-state index contributed by atoms with van der Waals surface area (Å²) in [5.74, 6) is 0. The first-order valence-corrected chi connectivity index (χ1v) is 6.84. The Morgan fingerprint density at radius 3 is 2.87 bits per heavy atom. The molecule has 0 bridgehead atoms. The summed E-state index contributed by atoms with van der Waals surface area (Å²) in [5.41, 5.74) is -0.109. The summed E-state index contributed by atoms with van der Waals surface area (Å²) in [4.78, 5) is 7.24. The lowest BCUT2D eigenvalue weighted by atomic mass is 10.00. The van der Waals surface area contributed by atoms with Crippen molar-refractivity contribution in [2.75, 3.05) is 19.7 Å². The Kier molecular flexibility index (Phi) is 2.44. The summed E-state index contributed by atoms with van der Waals surface area (Å²) < 4.78 is 0. The molecule has 4 heteroatoms. The fourth-order valence-corrected chi connectivity index (χ4v) is 4.50. The second-order valence-electron chi connectivity index (χ2n) is 4.85. The Morgan fingerprint density at radius 2 is 2.20 bits per heavy atom. The average Bonchev–Trinajstić information content (AvgIpc) is 2.92. The Bertz CT molecular complexity index is 288. The molecule has 3 aliphatic rings. The first-order valence-electron chi connectivity index (χ1n) is 5.96. The highest BCUT2D eigenvalue weighted by Gasteiger charge is 2.48. The van der Waals surface area contributed by atoms with Crippen LogP contribution >= 0.6 is 11.8 Å². The number of hydrogen-bond donors (Lipinski definition) is 1. The largest absolute Gasteiger partial charge is 0.394 e. The fraction of sp³-hybridized carbons (Fsp3) is 0.909. The van der Waals surface area contributed by atoms with Gasteiger partial charge in [0.15, 0.2) is 5.17 Å². The van der Waals surface area contributed by atoms with Crippen LogP contribution in [0.15, 0.2) is 4.99 Å². The third kappa shape index (κ3) is 1.49. The van der Waals surface area contributed by atoms with Gasteiger partial charge < -0.3 is 10.0 Å². The zero-order chi connectivity index (χ0) is 10.3. The summed E-state index contributed by atoms with van der Waals surface area (Å²) in [5, 5.41) is 11.3. The van der Waals surface area contributed by atoms with Gasteiger partial charge >= 0.3 is 0 Å². The van der Waals surface area contributed by atoms with E-state index in [1.807, 2.05) is 11.8 Å². The number of fused-ring (bicyclic) bond motifs is 1. The molecule has 1 N–H and O–H groups in total. The van der Waals surface area contributed by atoms with E-state index >= 15 is 0 Å². The number of nitrogens with zero attached hydrogens (tertiary/aromatic N) is 2. The van der Waals surface area contributed by atoms with E-state index in [0.29, 0.717) is 5.25 Å². The molecule has 0 aromatic rings. The molecular formula is C11H18N2OS. The van der Waals surface area contributed by atoms with Gasteiger partial charge in [0.25, 0.3) is 0 Å². The molecule has 3 rings (SSSR count). The molecule has 3 nitrogen and oxygen atoms in total. The summed E-state index contributed by atoms with van der Waals surface area (Å²) in [6.07, 6.45) is 6.15. The van der Waals surface area contributed by atoms with Gasteiger partial charge in [-0.3, -0.25) is 4.99 Å². The molecule has 1 saturated heterocycles. The van der Waals surface area contributed by atoms with Crippen LogP contribution in [0, 0.1) is 0 Å². The van der Waals surface area contributed by atoms with Gasteiger partial charge in [-0.1, -0.05) is 11.8 Å². The number of thioether (sulfide) groups is 1. The van der Waals surface area contributed by atoms with Crippen LogP contribution in [-0.4, -0.2) is 45.7 Å². The van der Waals surface area contributed by atoms with Crippen molar-refractivity contribution in [2.24, 2.45) is 4.99 Å². The highest BCUT2D eigenvalue weighted by atomic mass is 32.2. The van der Waals surface area contributed by atoms with E-state index in [4.69, 9.17) is 4.99 Å². The number of hydrogen-bond acceptors (Lipinski definition) is 4. The second-order valence-corrected chi connectivity index (χ2v) is 6.02. The molecule has 1 saturated carbocycles. The molecule has 0 aromatic heterocycles. The van der Waals surface area contributed by atoms with Crippen LogP contribution in [0.4, 0.5) is 0 Å². The van der Waals surface area contributed by atoms with Crippen molar-refractivity contribution in [3.05, 3.63) is 0 Å². The first-order chi connectivity index (χ1) is 7.34. The van der Waals surface area contributed by atoms with Gasteiger partial charge in [0.2, 0.25) is 0 Å². The van der Waals surface area contributed by atoms with Crippen LogP contribution in [-0.2, 0) is 0 Å². The Labute approximate surface area is 94.9 Å². The molecule has 2 unspecified atom stereocenters. The van der Waals surface area contributed by atoms with Crippen molar-refractivity contribution in [1.29, 1.82) is 0 Å². The quantitative estimate of drug-likeness (QED) is 0.735. The van der Waals surface area contributed by atoms with Gasteiger partial charge in [-0.05, 0) is 32.1 Å². The Hall–Kier alpha value is -0.220. The van der Waals surface area contributed by atoms with Crippen LogP contribution in [0.5, 0.6) is 0 Å². The maximum absolute atomic E-state index is 9.55.